The first-order chi connectivity index (χ1) is 12.6. The average molecular weight is 382 g/mol. The second-order valence-electron chi connectivity index (χ2n) is 7.59. The Morgan fingerprint density at radius 1 is 1.15 bits per heavy atom. The summed E-state index contributed by atoms with van der Waals surface area (Å²) in [5.41, 5.74) is 0.679. The quantitative estimate of drug-likeness (QED) is 0.357. The number of methoxy groups -OCH3 is 2. The largest absolute Gasteiger partial charge is 0.354 e. The van der Waals surface area contributed by atoms with Crippen LogP contribution in [0.1, 0.15) is 59.8 Å². The first kappa shape index (κ1) is 23.7. The zero-order valence-corrected chi connectivity index (χ0v) is 17.5. The molecular formula is C21H34O6. The summed E-state index contributed by atoms with van der Waals surface area (Å²) in [5.74, 6) is -1.30. The summed E-state index contributed by atoms with van der Waals surface area (Å²) in [6.45, 7) is 7.26. The molecule has 0 fully saturated rings. The molecule has 1 rings (SSSR count). The van der Waals surface area contributed by atoms with Gasteiger partial charge in [0, 0.05) is 32.6 Å². The Bertz CT molecular complexity index is 559. The second-order valence-corrected chi connectivity index (χ2v) is 7.59. The van der Waals surface area contributed by atoms with Crippen LogP contribution in [0.3, 0.4) is 0 Å². The molecule has 0 aromatic carbocycles. The van der Waals surface area contributed by atoms with Gasteiger partial charge in [-0.2, -0.15) is 0 Å². The molecule has 1 unspecified atom stereocenters. The Morgan fingerprint density at radius 3 is 2.44 bits per heavy atom. The standard InChI is InChI=1S/C21H34O6/c1-20(2,24-5)26-15-17(22)12-10-8-7-9-11-16-13-18(14-19(16)23)27-21(3,4)25-6/h9,11,13,18H,7-8,10,12,14-15H2,1-6H3. The van der Waals surface area contributed by atoms with Crippen LogP contribution in [-0.2, 0) is 28.5 Å². The van der Waals surface area contributed by atoms with Gasteiger partial charge in [0.2, 0.25) is 0 Å². The third-order valence-electron chi connectivity index (χ3n) is 4.45. The average Bonchev–Trinajstić information content (AvgIpc) is 2.94. The fourth-order valence-corrected chi connectivity index (χ4v) is 2.47. The van der Waals surface area contributed by atoms with Crippen molar-refractivity contribution in [2.45, 2.75) is 77.5 Å². The summed E-state index contributed by atoms with van der Waals surface area (Å²) in [6, 6.07) is 0. The van der Waals surface area contributed by atoms with Crippen molar-refractivity contribution in [1.82, 2.24) is 0 Å². The van der Waals surface area contributed by atoms with E-state index in [2.05, 4.69) is 0 Å². The smallest absolute Gasteiger partial charge is 0.165 e. The molecule has 0 aromatic rings. The van der Waals surface area contributed by atoms with E-state index in [0.717, 1.165) is 19.3 Å². The lowest BCUT2D eigenvalue weighted by atomic mass is 10.1. The molecule has 0 saturated carbocycles. The van der Waals surface area contributed by atoms with Gasteiger partial charge in [0.05, 0.1) is 6.10 Å². The number of ketones is 2. The van der Waals surface area contributed by atoms with Gasteiger partial charge in [0.15, 0.2) is 23.1 Å². The highest BCUT2D eigenvalue weighted by molar-refractivity contribution is 6.00. The third kappa shape index (κ3) is 9.42. The number of hydrogen-bond donors (Lipinski definition) is 0. The van der Waals surface area contributed by atoms with Crippen LogP contribution < -0.4 is 0 Å². The van der Waals surface area contributed by atoms with Crippen molar-refractivity contribution in [1.29, 1.82) is 0 Å². The maximum Gasteiger partial charge on any atom is 0.165 e. The highest BCUT2D eigenvalue weighted by atomic mass is 16.7. The lowest BCUT2D eigenvalue weighted by Crippen LogP contribution is -2.31. The van der Waals surface area contributed by atoms with E-state index >= 15 is 0 Å². The third-order valence-corrected chi connectivity index (χ3v) is 4.45. The minimum atomic E-state index is -0.736. The number of carbonyl (C=O) groups excluding carboxylic acids is 2. The van der Waals surface area contributed by atoms with Gasteiger partial charge >= 0.3 is 0 Å². The van der Waals surface area contributed by atoms with Crippen LogP contribution in [0.5, 0.6) is 0 Å². The summed E-state index contributed by atoms with van der Waals surface area (Å²) in [6.07, 6.45) is 8.74. The highest BCUT2D eigenvalue weighted by Gasteiger charge is 2.29. The van der Waals surface area contributed by atoms with Gasteiger partial charge in [-0.05, 0) is 53.0 Å². The molecule has 0 saturated heterocycles. The van der Waals surface area contributed by atoms with Crippen molar-refractivity contribution >= 4 is 11.6 Å². The minimum absolute atomic E-state index is 0.0667. The van der Waals surface area contributed by atoms with Crippen LogP contribution in [0.15, 0.2) is 23.8 Å². The van der Waals surface area contributed by atoms with Crippen molar-refractivity contribution in [2.75, 3.05) is 20.8 Å². The highest BCUT2D eigenvalue weighted by Crippen LogP contribution is 2.24. The number of allylic oxidation sites excluding steroid dienone is 3. The Kier molecular flexibility index (Phi) is 9.53. The lowest BCUT2D eigenvalue weighted by molar-refractivity contribution is -0.212. The van der Waals surface area contributed by atoms with Crippen LogP contribution >= 0.6 is 0 Å². The van der Waals surface area contributed by atoms with E-state index in [9.17, 15) is 9.59 Å². The summed E-state index contributed by atoms with van der Waals surface area (Å²) >= 11 is 0. The van der Waals surface area contributed by atoms with Crippen LogP contribution in [0.25, 0.3) is 0 Å². The predicted molar refractivity (Wildman–Crippen MR) is 103 cm³/mol. The Balaban J connectivity index is 2.27. The molecule has 27 heavy (non-hydrogen) atoms. The van der Waals surface area contributed by atoms with E-state index in [1.807, 2.05) is 32.1 Å². The molecule has 0 radical (unpaired) electrons. The fourth-order valence-electron chi connectivity index (χ4n) is 2.47. The summed E-state index contributed by atoms with van der Waals surface area (Å²) in [4.78, 5) is 23.8. The molecule has 6 heteroatoms. The predicted octanol–water partition coefficient (Wildman–Crippen LogP) is 3.74. The van der Waals surface area contributed by atoms with Gasteiger partial charge in [-0.3, -0.25) is 9.59 Å². The number of rotatable bonds is 13. The van der Waals surface area contributed by atoms with Crippen molar-refractivity contribution in [2.24, 2.45) is 0 Å². The van der Waals surface area contributed by atoms with Gasteiger partial charge in [-0.15, -0.1) is 0 Å². The Labute approximate surface area is 162 Å². The van der Waals surface area contributed by atoms with Gasteiger partial charge < -0.3 is 18.9 Å². The van der Waals surface area contributed by atoms with Crippen LogP contribution in [0, 0.1) is 0 Å². The van der Waals surface area contributed by atoms with Crippen LogP contribution in [0.4, 0.5) is 0 Å². The van der Waals surface area contributed by atoms with Gasteiger partial charge in [-0.1, -0.05) is 12.2 Å². The van der Waals surface area contributed by atoms with E-state index < -0.39 is 11.6 Å². The summed E-state index contributed by atoms with van der Waals surface area (Å²) in [5, 5.41) is 0. The SMILES string of the molecule is COC(C)(C)OCC(=O)CCCCC=CC1=CC(OC(C)(C)OC)CC1=O. The molecule has 0 aliphatic heterocycles. The van der Waals surface area contributed by atoms with Crippen molar-refractivity contribution < 1.29 is 28.5 Å². The molecule has 0 amide bonds. The maximum atomic E-state index is 12.0. The minimum Gasteiger partial charge on any atom is -0.354 e. The number of Topliss-reactive ketones (excluding diaryl/α,β-unsaturated/α-hetero) is 2. The summed E-state index contributed by atoms with van der Waals surface area (Å²) < 4.78 is 21.5. The number of carbonyl (C=O) groups is 2. The van der Waals surface area contributed by atoms with E-state index in [4.69, 9.17) is 18.9 Å². The topological polar surface area (TPSA) is 71.1 Å². The first-order valence-corrected chi connectivity index (χ1v) is 9.44. The summed E-state index contributed by atoms with van der Waals surface area (Å²) in [7, 11) is 3.13. The van der Waals surface area contributed by atoms with E-state index in [0.29, 0.717) is 18.4 Å². The fraction of sp³-hybridized carbons (Fsp3) is 0.714. The van der Waals surface area contributed by atoms with Crippen LogP contribution in [-0.4, -0.2) is 50.1 Å². The number of hydrogen-bond acceptors (Lipinski definition) is 6. The molecule has 1 atom stereocenters. The lowest BCUT2D eigenvalue weighted by Gasteiger charge is -2.26. The van der Waals surface area contributed by atoms with Gasteiger partial charge in [0.1, 0.15) is 6.61 Å². The van der Waals surface area contributed by atoms with Gasteiger partial charge in [-0.25, -0.2) is 0 Å². The molecule has 0 bridgehead atoms. The molecule has 0 spiro atoms. The zero-order chi connectivity index (χ0) is 20.5. The normalized spacial score (nSPS) is 18.4. The van der Waals surface area contributed by atoms with Crippen molar-refractivity contribution in [3.8, 4) is 0 Å². The molecule has 1 aliphatic rings. The number of unbranched alkanes of at least 4 members (excludes halogenated alkanes) is 2. The molecule has 6 nitrogen and oxygen atoms in total. The zero-order valence-electron chi connectivity index (χ0n) is 17.5. The number of ether oxygens (including phenoxy) is 4. The maximum absolute atomic E-state index is 12.0. The van der Waals surface area contributed by atoms with E-state index in [-0.39, 0.29) is 24.3 Å². The van der Waals surface area contributed by atoms with Crippen LogP contribution in [0.2, 0.25) is 0 Å². The monoisotopic (exact) mass is 382 g/mol. The second kappa shape index (κ2) is 10.9. The Morgan fingerprint density at radius 2 is 1.81 bits per heavy atom. The van der Waals surface area contributed by atoms with E-state index in [1.54, 1.807) is 28.1 Å². The van der Waals surface area contributed by atoms with E-state index in [1.165, 1.54) is 0 Å². The molecule has 154 valence electrons. The molecular weight excluding hydrogens is 348 g/mol. The molecule has 1 aliphatic carbocycles. The molecule has 0 N–H and O–H groups in total. The Hall–Kier alpha value is -1.34. The molecule has 0 aromatic heterocycles. The first-order valence-electron chi connectivity index (χ1n) is 9.44. The van der Waals surface area contributed by atoms with Crippen molar-refractivity contribution in [3.63, 3.8) is 0 Å². The van der Waals surface area contributed by atoms with Gasteiger partial charge in [0.25, 0.3) is 0 Å². The molecule has 0 heterocycles. The van der Waals surface area contributed by atoms with Crippen molar-refractivity contribution in [3.05, 3.63) is 23.8 Å².